The van der Waals surface area contributed by atoms with E-state index in [4.69, 9.17) is 0 Å². The second kappa shape index (κ2) is 4.73. The minimum Gasteiger partial charge on any atom is -0.341 e. The first kappa shape index (κ1) is 11.7. The Morgan fingerprint density at radius 2 is 2.11 bits per heavy atom. The molecule has 0 bridgehead atoms. The summed E-state index contributed by atoms with van der Waals surface area (Å²) in [7, 11) is 0. The number of benzene rings is 1. The molecule has 3 rings (SSSR count). The lowest BCUT2D eigenvalue weighted by atomic mass is 9.95. The zero-order chi connectivity index (χ0) is 12.5. The van der Waals surface area contributed by atoms with Crippen molar-refractivity contribution in [3.8, 4) is 0 Å². The van der Waals surface area contributed by atoms with Crippen LogP contribution in [-0.4, -0.2) is 29.9 Å². The number of hydrogen-bond donors (Lipinski definition) is 1. The number of carbonyl (C=O) groups excluding carboxylic acids is 1. The van der Waals surface area contributed by atoms with Gasteiger partial charge in [-0.15, -0.1) is 0 Å². The van der Waals surface area contributed by atoms with E-state index in [1.54, 1.807) is 0 Å². The Bertz CT molecular complexity index is 458. The van der Waals surface area contributed by atoms with Crippen LogP contribution >= 0.6 is 0 Å². The first-order valence-corrected chi connectivity index (χ1v) is 6.83. The van der Waals surface area contributed by atoms with E-state index in [1.807, 2.05) is 4.90 Å². The Labute approximate surface area is 108 Å². The number of nitrogens with one attached hydrogen (secondary N) is 1. The van der Waals surface area contributed by atoms with Gasteiger partial charge < -0.3 is 10.2 Å². The average Bonchev–Trinajstić information content (AvgIpc) is 2.84. The lowest BCUT2D eigenvalue weighted by Gasteiger charge is -2.28. The molecule has 0 spiro atoms. The van der Waals surface area contributed by atoms with E-state index < -0.39 is 0 Å². The van der Waals surface area contributed by atoms with Crippen LogP contribution in [0.4, 0.5) is 0 Å². The quantitative estimate of drug-likeness (QED) is 0.813. The number of nitrogens with zero attached hydrogens (tertiary/aromatic N) is 1. The number of fused-ring (bicyclic) bond motifs is 1. The van der Waals surface area contributed by atoms with Crippen molar-refractivity contribution in [3.63, 3.8) is 0 Å². The predicted molar refractivity (Wildman–Crippen MR) is 71.1 cm³/mol. The molecule has 2 aliphatic rings. The number of likely N-dealkylation sites (tertiary alicyclic amines) is 1. The molecule has 3 nitrogen and oxygen atoms in total. The van der Waals surface area contributed by atoms with Gasteiger partial charge in [-0.05, 0) is 29.9 Å². The molecule has 1 fully saturated rings. The van der Waals surface area contributed by atoms with Gasteiger partial charge in [-0.3, -0.25) is 4.79 Å². The summed E-state index contributed by atoms with van der Waals surface area (Å²) in [5, 5.41) is 3.38. The van der Waals surface area contributed by atoms with Gasteiger partial charge in [-0.2, -0.15) is 0 Å². The summed E-state index contributed by atoms with van der Waals surface area (Å²) >= 11 is 0. The van der Waals surface area contributed by atoms with Crippen molar-refractivity contribution in [1.82, 2.24) is 10.2 Å². The molecule has 0 radical (unpaired) electrons. The molecule has 1 N–H and O–H groups in total. The molecule has 0 aromatic heterocycles. The Balaban J connectivity index is 1.70. The van der Waals surface area contributed by atoms with Crippen molar-refractivity contribution in [2.75, 3.05) is 13.1 Å². The first-order chi connectivity index (χ1) is 8.74. The molecule has 0 aliphatic carbocycles. The van der Waals surface area contributed by atoms with Crippen LogP contribution in [0.15, 0.2) is 24.3 Å². The van der Waals surface area contributed by atoms with Crippen molar-refractivity contribution in [2.45, 2.75) is 32.4 Å². The van der Waals surface area contributed by atoms with Crippen LogP contribution in [0.25, 0.3) is 0 Å². The predicted octanol–water partition coefficient (Wildman–Crippen LogP) is 1.57. The molecule has 1 unspecified atom stereocenters. The Hall–Kier alpha value is -1.35. The molecular weight excluding hydrogens is 224 g/mol. The molecule has 1 aromatic rings. The second-order valence-corrected chi connectivity index (χ2v) is 5.58. The SMILES string of the molecule is CC1CCN(C(=O)[C@H]2Cc3ccccc3CN2)C1. The van der Waals surface area contributed by atoms with Crippen LogP contribution in [0.5, 0.6) is 0 Å². The van der Waals surface area contributed by atoms with Gasteiger partial charge in [-0.1, -0.05) is 31.2 Å². The maximum absolute atomic E-state index is 12.4. The molecule has 2 aliphatic heterocycles. The third kappa shape index (κ3) is 2.15. The van der Waals surface area contributed by atoms with Crippen LogP contribution in [0.2, 0.25) is 0 Å². The molecule has 1 saturated heterocycles. The van der Waals surface area contributed by atoms with Gasteiger partial charge in [0.25, 0.3) is 0 Å². The number of hydrogen-bond acceptors (Lipinski definition) is 2. The minimum absolute atomic E-state index is 0.0230. The summed E-state index contributed by atoms with van der Waals surface area (Å²) in [6, 6.07) is 8.38. The van der Waals surface area contributed by atoms with Crippen molar-refractivity contribution < 1.29 is 4.79 Å². The zero-order valence-corrected chi connectivity index (χ0v) is 10.9. The van der Waals surface area contributed by atoms with Crippen LogP contribution in [0, 0.1) is 5.92 Å². The Morgan fingerprint density at radius 3 is 2.83 bits per heavy atom. The van der Waals surface area contributed by atoms with Crippen LogP contribution < -0.4 is 5.32 Å². The second-order valence-electron chi connectivity index (χ2n) is 5.58. The summed E-state index contributed by atoms with van der Waals surface area (Å²) in [6.07, 6.45) is 1.98. The zero-order valence-electron chi connectivity index (χ0n) is 10.9. The van der Waals surface area contributed by atoms with E-state index in [9.17, 15) is 4.79 Å². The highest BCUT2D eigenvalue weighted by molar-refractivity contribution is 5.82. The van der Waals surface area contributed by atoms with Gasteiger partial charge in [0.15, 0.2) is 0 Å². The molecular formula is C15H20N2O. The van der Waals surface area contributed by atoms with E-state index in [0.717, 1.165) is 32.5 Å². The lowest BCUT2D eigenvalue weighted by molar-refractivity contribution is -0.132. The monoisotopic (exact) mass is 244 g/mol. The van der Waals surface area contributed by atoms with Gasteiger partial charge in [0.1, 0.15) is 0 Å². The van der Waals surface area contributed by atoms with Crippen molar-refractivity contribution >= 4 is 5.91 Å². The third-order valence-electron chi connectivity index (χ3n) is 4.11. The first-order valence-electron chi connectivity index (χ1n) is 6.83. The smallest absolute Gasteiger partial charge is 0.240 e. The fraction of sp³-hybridized carbons (Fsp3) is 0.533. The van der Waals surface area contributed by atoms with Gasteiger partial charge in [0, 0.05) is 19.6 Å². The standard InChI is InChI=1S/C15H20N2O/c1-11-6-7-17(10-11)15(18)14-8-12-4-2-3-5-13(12)9-16-14/h2-5,11,14,16H,6-10H2,1H3/t11?,14-/m1/s1. The average molecular weight is 244 g/mol. The molecule has 1 aromatic carbocycles. The van der Waals surface area contributed by atoms with Crippen LogP contribution in [0.3, 0.4) is 0 Å². The van der Waals surface area contributed by atoms with Gasteiger partial charge in [0.2, 0.25) is 5.91 Å². The lowest BCUT2D eigenvalue weighted by Crippen LogP contribution is -2.48. The Morgan fingerprint density at radius 1 is 1.33 bits per heavy atom. The fourth-order valence-corrected chi connectivity index (χ4v) is 2.98. The van der Waals surface area contributed by atoms with E-state index in [1.165, 1.54) is 11.1 Å². The summed E-state index contributed by atoms with van der Waals surface area (Å²) in [5.74, 6) is 0.943. The molecule has 0 saturated carbocycles. The molecule has 96 valence electrons. The summed E-state index contributed by atoms with van der Waals surface area (Å²) in [6.45, 7) is 4.89. The maximum Gasteiger partial charge on any atom is 0.240 e. The maximum atomic E-state index is 12.4. The van der Waals surface area contributed by atoms with E-state index in [2.05, 4.69) is 36.5 Å². The highest BCUT2D eigenvalue weighted by atomic mass is 16.2. The van der Waals surface area contributed by atoms with Gasteiger partial charge >= 0.3 is 0 Å². The summed E-state index contributed by atoms with van der Waals surface area (Å²) in [5.41, 5.74) is 2.65. The number of carbonyl (C=O) groups is 1. The molecule has 2 heterocycles. The number of rotatable bonds is 1. The van der Waals surface area contributed by atoms with Crippen molar-refractivity contribution in [3.05, 3.63) is 35.4 Å². The summed E-state index contributed by atoms with van der Waals surface area (Å²) < 4.78 is 0. The largest absolute Gasteiger partial charge is 0.341 e. The van der Waals surface area contributed by atoms with Crippen LogP contribution in [0.1, 0.15) is 24.5 Å². The van der Waals surface area contributed by atoms with E-state index >= 15 is 0 Å². The Kier molecular flexibility index (Phi) is 3.08. The highest BCUT2D eigenvalue weighted by Gasteiger charge is 2.31. The van der Waals surface area contributed by atoms with Crippen LogP contribution in [-0.2, 0) is 17.8 Å². The molecule has 2 atom stereocenters. The normalized spacial score (nSPS) is 27.1. The third-order valence-corrected chi connectivity index (χ3v) is 4.11. The molecule has 1 amide bonds. The van der Waals surface area contributed by atoms with Gasteiger partial charge in [-0.25, -0.2) is 0 Å². The van der Waals surface area contributed by atoms with E-state index in [-0.39, 0.29) is 11.9 Å². The topological polar surface area (TPSA) is 32.3 Å². The number of amides is 1. The van der Waals surface area contributed by atoms with E-state index in [0.29, 0.717) is 5.92 Å². The summed E-state index contributed by atoms with van der Waals surface area (Å²) in [4.78, 5) is 14.4. The minimum atomic E-state index is -0.0230. The van der Waals surface area contributed by atoms with Gasteiger partial charge in [0.05, 0.1) is 6.04 Å². The molecule has 3 heteroatoms. The molecule has 18 heavy (non-hydrogen) atoms. The van der Waals surface area contributed by atoms with Crippen molar-refractivity contribution in [1.29, 1.82) is 0 Å². The highest BCUT2D eigenvalue weighted by Crippen LogP contribution is 2.20. The van der Waals surface area contributed by atoms with Crippen molar-refractivity contribution in [2.24, 2.45) is 5.92 Å². The fourth-order valence-electron chi connectivity index (χ4n) is 2.98.